The molecule has 28 heavy (non-hydrogen) atoms. The maximum absolute atomic E-state index is 12.1. The number of hydrogen-bond donors (Lipinski definition) is 2. The minimum absolute atomic E-state index is 0.133. The van der Waals surface area contributed by atoms with Crippen molar-refractivity contribution in [3.63, 3.8) is 0 Å². The summed E-state index contributed by atoms with van der Waals surface area (Å²) in [4.78, 5) is 27.5. The first-order valence-corrected chi connectivity index (χ1v) is 8.87. The topological polar surface area (TPSA) is 80.3 Å². The molecule has 0 aliphatic rings. The highest BCUT2D eigenvalue weighted by Gasteiger charge is 2.06. The Morgan fingerprint density at radius 2 is 1.61 bits per heavy atom. The second-order valence-electron chi connectivity index (χ2n) is 6.10. The minimum Gasteiger partial charge on any atom is -0.457 e. The molecule has 1 aromatic heterocycles. The predicted octanol–water partition coefficient (Wildman–Crippen LogP) is 5.68. The van der Waals surface area contributed by atoms with E-state index in [0.717, 1.165) is 5.56 Å². The highest BCUT2D eigenvalue weighted by Crippen LogP contribution is 2.24. The number of amides is 2. The van der Waals surface area contributed by atoms with Crippen LogP contribution in [0.2, 0.25) is 5.02 Å². The van der Waals surface area contributed by atoms with Crippen LogP contribution in [-0.2, 0) is 0 Å². The highest BCUT2D eigenvalue weighted by molar-refractivity contribution is 6.31. The third kappa shape index (κ3) is 5.08. The Morgan fingerprint density at radius 3 is 2.29 bits per heavy atom. The number of ether oxygens (including phenoxy) is 1. The lowest BCUT2D eigenvalue weighted by Gasteiger charge is -2.10. The smallest absolute Gasteiger partial charge is 0.323 e. The van der Waals surface area contributed by atoms with Crippen LogP contribution in [0.4, 0.5) is 16.2 Å². The summed E-state index contributed by atoms with van der Waals surface area (Å²) in [5.74, 6) is 0.948. The van der Waals surface area contributed by atoms with Crippen LogP contribution in [0.25, 0.3) is 0 Å². The molecule has 2 amide bonds. The van der Waals surface area contributed by atoms with Crippen molar-refractivity contribution in [1.29, 1.82) is 0 Å². The Morgan fingerprint density at radius 1 is 0.929 bits per heavy atom. The van der Waals surface area contributed by atoms with E-state index in [0.29, 0.717) is 33.6 Å². The Balaban J connectivity index is 1.61. The van der Waals surface area contributed by atoms with Gasteiger partial charge in [-0.15, -0.1) is 0 Å². The summed E-state index contributed by atoms with van der Waals surface area (Å²) in [5.41, 5.74) is 2.47. The molecule has 0 aliphatic heterocycles. The Kier molecular flexibility index (Phi) is 5.91. The fourth-order valence-electron chi connectivity index (χ4n) is 2.43. The number of urea groups is 1. The molecular formula is C21H18ClN3O3. The van der Waals surface area contributed by atoms with Gasteiger partial charge < -0.3 is 15.4 Å². The number of halogens is 1. The zero-order valence-electron chi connectivity index (χ0n) is 15.3. The second-order valence-corrected chi connectivity index (χ2v) is 6.51. The zero-order valence-corrected chi connectivity index (χ0v) is 16.1. The first kappa shape index (κ1) is 19.4. The third-order valence-corrected chi connectivity index (χ3v) is 4.28. The number of pyridine rings is 1. The molecule has 6 nitrogen and oxygen atoms in total. The number of ketones is 1. The van der Waals surface area contributed by atoms with Gasteiger partial charge in [-0.2, -0.15) is 0 Å². The van der Waals surface area contributed by atoms with E-state index in [9.17, 15) is 9.59 Å². The van der Waals surface area contributed by atoms with Crippen LogP contribution in [0.5, 0.6) is 11.5 Å². The Bertz CT molecular complexity index is 1020. The third-order valence-electron chi connectivity index (χ3n) is 3.86. The second kappa shape index (κ2) is 8.54. The maximum atomic E-state index is 12.1. The van der Waals surface area contributed by atoms with Gasteiger partial charge in [-0.05, 0) is 61.0 Å². The zero-order chi connectivity index (χ0) is 20.1. The van der Waals surface area contributed by atoms with Crippen LogP contribution in [0.3, 0.4) is 0 Å². The van der Waals surface area contributed by atoms with Crippen molar-refractivity contribution in [1.82, 2.24) is 4.98 Å². The van der Waals surface area contributed by atoms with Gasteiger partial charge >= 0.3 is 6.03 Å². The van der Waals surface area contributed by atoms with Crippen LogP contribution in [0, 0.1) is 6.92 Å². The van der Waals surface area contributed by atoms with Gasteiger partial charge in [0, 0.05) is 35.6 Å². The van der Waals surface area contributed by atoms with Crippen molar-refractivity contribution in [3.05, 3.63) is 77.1 Å². The van der Waals surface area contributed by atoms with Crippen molar-refractivity contribution >= 4 is 34.8 Å². The van der Waals surface area contributed by atoms with Crippen molar-refractivity contribution in [2.24, 2.45) is 0 Å². The van der Waals surface area contributed by atoms with E-state index >= 15 is 0 Å². The first-order chi connectivity index (χ1) is 13.4. The lowest BCUT2D eigenvalue weighted by atomic mass is 10.2. The molecule has 0 bridgehead atoms. The molecule has 7 heteroatoms. The summed E-state index contributed by atoms with van der Waals surface area (Å²) in [6.07, 6.45) is 1.52. The van der Waals surface area contributed by atoms with Gasteiger partial charge in [0.15, 0.2) is 5.78 Å². The predicted molar refractivity (Wildman–Crippen MR) is 110 cm³/mol. The van der Waals surface area contributed by atoms with E-state index in [1.165, 1.54) is 13.1 Å². The summed E-state index contributed by atoms with van der Waals surface area (Å²) in [7, 11) is 0. The number of hydrogen-bond acceptors (Lipinski definition) is 4. The normalized spacial score (nSPS) is 10.2. The maximum Gasteiger partial charge on any atom is 0.323 e. The van der Waals surface area contributed by atoms with E-state index in [4.69, 9.17) is 16.3 Å². The number of carbonyl (C=O) groups is 2. The number of aromatic nitrogens is 1. The summed E-state index contributed by atoms with van der Waals surface area (Å²) < 4.78 is 5.72. The molecule has 0 saturated carbocycles. The van der Waals surface area contributed by atoms with Gasteiger partial charge in [-0.1, -0.05) is 11.6 Å². The molecule has 0 radical (unpaired) electrons. The molecule has 2 aromatic carbocycles. The quantitative estimate of drug-likeness (QED) is 0.544. The van der Waals surface area contributed by atoms with Gasteiger partial charge in [-0.3, -0.25) is 9.78 Å². The lowest BCUT2D eigenvalue weighted by Crippen LogP contribution is -2.19. The average Bonchev–Trinajstić information content (AvgIpc) is 2.66. The summed E-state index contributed by atoms with van der Waals surface area (Å²) in [6, 6.07) is 15.0. The van der Waals surface area contributed by atoms with Gasteiger partial charge in [0.05, 0.1) is 0 Å². The van der Waals surface area contributed by atoms with E-state index in [2.05, 4.69) is 15.6 Å². The van der Waals surface area contributed by atoms with E-state index < -0.39 is 0 Å². The van der Waals surface area contributed by atoms with Crippen LogP contribution in [0.1, 0.15) is 23.0 Å². The van der Waals surface area contributed by atoms with Crippen LogP contribution < -0.4 is 15.4 Å². The number of anilines is 2. The van der Waals surface area contributed by atoms with Crippen LogP contribution in [-0.4, -0.2) is 16.8 Å². The Hall–Kier alpha value is -3.38. The van der Waals surface area contributed by atoms with Crippen LogP contribution in [0.15, 0.2) is 60.8 Å². The van der Waals surface area contributed by atoms with Crippen LogP contribution >= 0.6 is 11.6 Å². The van der Waals surface area contributed by atoms with Gasteiger partial charge in [0.1, 0.15) is 17.2 Å². The largest absolute Gasteiger partial charge is 0.457 e. The van der Waals surface area contributed by atoms with E-state index in [1.54, 1.807) is 54.6 Å². The van der Waals surface area contributed by atoms with Gasteiger partial charge in [0.2, 0.25) is 0 Å². The number of nitrogens with one attached hydrogen (secondary N) is 2. The average molecular weight is 396 g/mol. The molecule has 2 N–H and O–H groups in total. The standard InChI is InChI=1S/C21H18ClN3O3/c1-13-11-16(5-8-19(13)22)25-21(27)24-15-3-6-17(7-4-15)28-18-9-10-23-20(12-18)14(2)26/h3-12H,1-2H3,(H2,24,25,27). The lowest BCUT2D eigenvalue weighted by molar-refractivity contribution is 0.101. The van der Waals surface area contributed by atoms with Crippen molar-refractivity contribution in [2.45, 2.75) is 13.8 Å². The molecular weight excluding hydrogens is 378 g/mol. The fraction of sp³-hybridized carbons (Fsp3) is 0.0952. The van der Waals surface area contributed by atoms with Gasteiger partial charge in [0.25, 0.3) is 0 Å². The minimum atomic E-state index is -0.365. The van der Waals surface area contributed by atoms with E-state index in [1.807, 2.05) is 6.92 Å². The number of nitrogens with zero attached hydrogens (tertiary/aromatic N) is 1. The molecule has 0 saturated heterocycles. The molecule has 142 valence electrons. The van der Waals surface area contributed by atoms with Crippen molar-refractivity contribution in [2.75, 3.05) is 10.6 Å². The molecule has 1 heterocycles. The van der Waals surface area contributed by atoms with E-state index in [-0.39, 0.29) is 11.8 Å². The van der Waals surface area contributed by atoms with Gasteiger partial charge in [-0.25, -0.2) is 4.79 Å². The number of aryl methyl sites for hydroxylation is 1. The number of benzene rings is 2. The summed E-state index contributed by atoms with van der Waals surface area (Å²) in [6.45, 7) is 3.31. The molecule has 3 aromatic rings. The number of rotatable bonds is 5. The summed E-state index contributed by atoms with van der Waals surface area (Å²) >= 11 is 5.98. The number of Topliss-reactive ketones (excluding diaryl/α,β-unsaturated/α-hetero) is 1. The van der Waals surface area contributed by atoms with Crippen molar-refractivity contribution < 1.29 is 14.3 Å². The molecule has 0 aliphatic carbocycles. The molecule has 0 atom stereocenters. The molecule has 0 spiro atoms. The number of carbonyl (C=O) groups excluding carboxylic acids is 2. The monoisotopic (exact) mass is 395 g/mol. The summed E-state index contributed by atoms with van der Waals surface area (Å²) in [5, 5.41) is 6.14. The Labute approximate surface area is 167 Å². The molecule has 0 unspecified atom stereocenters. The molecule has 3 rings (SSSR count). The first-order valence-electron chi connectivity index (χ1n) is 8.50. The highest BCUT2D eigenvalue weighted by atomic mass is 35.5. The van der Waals surface area contributed by atoms with Crippen molar-refractivity contribution in [3.8, 4) is 11.5 Å². The fourth-order valence-corrected chi connectivity index (χ4v) is 2.54. The molecule has 0 fully saturated rings. The SMILES string of the molecule is CC(=O)c1cc(Oc2ccc(NC(=O)Nc3ccc(Cl)c(C)c3)cc2)ccn1.